The van der Waals surface area contributed by atoms with E-state index in [-0.39, 0.29) is 11.8 Å². The van der Waals surface area contributed by atoms with Crippen LogP contribution in [0.3, 0.4) is 0 Å². The van der Waals surface area contributed by atoms with E-state index in [1.807, 2.05) is 13.0 Å². The molecule has 2 rings (SSSR count). The Morgan fingerprint density at radius 3 is 2.32 bits per heavy atom. The van der Waals surface area contributed by atoms with E-state index in [0.29, 0.717) is 5.92 Å². The Kier molecular flexibility index (Phi) is 3.61. The predicted molar refractivity (Wildman–Crippen MR) is 79.5 cm³/mol. The third-order valence-electron chi connectivity index (χ3n) is 3.85. The van der Waals surface area contributed by atoms with Crippen molar-refractivity contribution >= 4 is 5.91 Å². The molecule has 0 heterocycles. The Hall–Kier alpha value is -1.83. The summed E-state index contributed by atoms with van der Waals surface area (Å²) in [6, 6.07) is 10.6. The van der Waals surface area contributed by atoms with Crippen LogP contribution in [0, 0.1) is 6.92 Å². The normalized spacial score (nSPS) is 12.9. The fraction of sp³-hybridized carbons (Fsp3) is 0.353. The first-order chi connectivity index (χ1) is 8.91. The highest BCUT2D eigenvalue weighted by Crippen LogP contribution is 2.35. The highest BCUT2D eigenvalue weighted by molar-refractivity contribution is 5.86. The van der Waals surface area contributed by atoms with Crippen LogP contribution < -0.4 is 5.73 Å². The van der Waals surface area contributed by atoms with Gasteiger partial charge in [-0.15, -0.1) is 0 Å². The summed E-state index contributed by atoms with van der Waals surface area (Å²) >= 11 is 0. The number of fused-ring (bicyclic) bond motifs is 1. The van der Waals surface area contributed by atoms with Gasteiger partial charge in [0.1, 0.15) is 0 Å². The van der Waals surface area contributed by atoms with Gasteiger partial charge in [0.15, 0.2) is 0 Å². The monoisotopic (exact) mass is 255 g/mol. The molecule has 2 aliphatic carbocycles. The molecular weight excluding hydrogens is 234 g/mol. The predicted octanol–water partition coefficient (Wildman–Crippen LogP) is 3.81. The average molecular weight is 255 g/mol. The zero-order valence-corrected chi connectivity index (χ0v) is 12.0. The molecule has 1 atom stereocenters. The van der Waals surface area contributed by atoms with Crippen molar-refractivity contribution in [1.29, 1.82) is 0 Å². The SMILES string of the molecule is Cc1ccc2c(C(C)C(N)=O)ccc(C(C)C)cc1-2. The number of carbonyl (C=O) groups is 1. The van der Waals surface area contributed by atoms with Crippen LogP contribution in [0.1, 0.15) is 49.3 Å². The molecule has 1 unspecified atom stereocenters. The Labute approximate surface area is 115 Å². The lowest BCUT2D eigenvalue weighted by molar-refractivity contribution is -0.119. The van der Waals surface area contributed by atoms with Crippen molar-refractivity contribution in [1.82, 2.24) is 0 Å². The molecule has 1 amide bonds. The third-order valence-corrected chi connectivity index (χ3v) is 3.85. The van der Waals surface area contributed by atoms with Gasteiger partial charge in [0.05, 0.1) is 5.92 Å². The molecule has 0 fully saturated rings. The average Bonchev–Trinajstić information content (AvgIpc) is 2.60. The topological polar surface area (TPSA) is 43.1 Å². The van der Waals surface area contributed by atoms with E-state index >= 15 is 0 Å². The first kappa shape index (κ1) is 13.6. The quantitative estimate of drug-likeness (QED) is 0.890. The highest BCUT2D eigenvalue weighted by atomic mass is 16.1. The minimum atomic E-state index is -0.280. The third kappa shape index (κ3) is 2.48. The first-order valence-electron chi connectivity index (χ1n) is 6.74. The van der Waals surface area contributed by atoms with Crippen LogP contribution in [0.4, 0.5) is 0 Å². The molecule has 0 aliphatic heterocycles. The molecule has 19 heavy (non-hydrogen) atoms. The van der Waals surface area contributed by atoms with Crippen molar-refractivity contribution in [2.45, 2.75) is 39.5 Å². The zero-order chi connectivity index (χ0) is 14.2. The number of hydrogen-bond acceptors (Lipinski definition) is 1. The van der Waals surface area contributed by atoms with Gasteiger partial charge >= 0.3 is 0 Å². The van der Waals surface area contributed by atoms with Crippen molar-refractivity contribution in [2.75, 3.05) is 0 Å². The standard InChI is InChI=1S/C17H21NO/c1-10(2)13-6-8-14(12(4)17(18)19)15-7-5-11(3)16(15)9-13/h5-10,12H,1-4H3,(H2,18,19). The van der Waals surface area contributed by atoms with Crippen LogP contribution in [-0.2, 0) is 4.79 Å². The fourth-order valence-electron chi connectivity index (χ4n) is 2.42. The number of rotatable bonds is 3. The van der Waals surface area contributed by atoms with E-state index in [0.717, 1.165) is 11.1 Å². The van der Waals surface area contributed by atoms with Crippen LogP contribution >= 0.6 is 0 Å². The summed E-state index contributed by atoms with van der Waals surface area (Å²) in [5.41, 5.74) is 11.4. The van der Waals surface area contributed by atoms with Crippen LogP contribution in [0.25, 0.3) is 11.1 Å². The second-order valence-corrected chi connectivity index (χ2v) is 5.56. The van der Waals surface area contributed by atoms with Gasteiger partial charge in [-0.25, -0.2) is 0 Å². The minimum absolute atomic E-state index is 0.267. The van der Waals surface area contributed by atoms with E-state index in [1.54, 1.807) is 0 Å². The molecule has 2 aliphatic rings. The number of amides is 1. The maximum atomic E-state index is 11.5. The van der Waals surface area contributed by atoms with E-state index in [9.17, 15) is 4.79 Å². The molecule has 0 aromatic heterocycles. The van der Waals surface area contributed by atoms with Crippen molar-refractivity contribution in [3.05, 3.63) is 47.0 Å². The first-order valence-corrected chi connectivity index (χ1v) is 6.74. The Balaban J connectivity index is 2.69. The molecule has 0 radical (unpaired) electrons. The highest BCUT2D eigenvalue weighted by Gasteiger charge is 2.19. The van der Waals surface area contributed by atoms with Crippen LogP contribution in [0.2, 0.25) is 0 Å². The molecule has 0 saturated carbocycles. The largest absolute Gasteiger partial charge is 0.369 e. The Morgan fingerprint density at radius 2 is 1.74 bits per heavy atom. The summed E-state index contributed by atoms with van der Waals surface area (Å²) in [5, 5.41) is 0. The Bertz CT molecular complexity index is 586. The number of primary amides is 1. The molecular formula is C17H21NO. The van der Waals surface area contributed by atoms with Gasteiger partial charge in [0, 0.05) is 0 Å². The van der Waals surface area contributed by atoms with Gasteiger partial charge in [0.2, 0.25) is 5.91 Å². The van der Waals surface area contributed by atoms with Gasteiger partial charge in [-0.2, -0.15) is 0 Å². The minimum Gasteiger partial charge on any atom is -0.369 e. The summed E-state index contributed by atoms with van der Waals surface area (Å²) < 4.78 is 0. The summed E-state index contributed by atoms with van der Waals surface area (Å²) in [7, 11) is 0. The summed E-state index contributed by atoms with van der Waals surface area (Å²) in [4.78, 5) is 11.5. The van der Waals surface area contributed by atoms with Crippen LogP contribution in [0.15, 0.2) is 30.3 Å². The molecule has 2 nitrogen and oxygen atoms in total. The van der Waals surface area contributed by atoms with Gasteiger partial charge < -0.3 is 5.73 Å². The molecule has 0 bridgehead atoms. The zero-order valence-electron chi connectivity index (χ0n) is 12.0. The molecule has 100 valence electrons. The fourth-order valence-corrected chi connectivity index (χ4v) is 2.42. The summed E-state index contributed by atoms with van der Waals surface area (Å²) in [6.07, 6.45) is 0. The second-order valence-electron chi connectivity index (χ2n) is 5.56. The summed E-state index contributed by atoms with van der Waals surface area (Å²) in [5.74, 6) is -0.0872. The van der Waals surface area contributed by atoms with Crippen LogP contribution in [-0.4, -0.2) is 5.91 Å². The molecule has 2 N–H and O–H groups in total. The van der Waals surface area contributed by atoms with E-state index in [4.69, 9.17) is 5.73 Å². The lowest BCUT2D eigenvalue weighted by Gasteiger charge is -2.10. The van der Waals surface area contributed by atoms with Gasteiger partial charge in [-0.05, 0) is 47.6 Å². The van der Waals surface area contributed by atoms with Gasteiger partial charge in [-0.1, -0.05) is 44.2 Å². The van der Waals surface area contributed by atoms with Crippen molar-refractivity contribution in [3.8, 4) is 11.1 Å². The molecule has 2 heteroatoms. The summed E-state index contributed by atoms with van der Waals surface area (Å²) in [6.45, 7) is 8.33. The molecule has 0 spiro atoms. The maximum Gasteiger partial charge on any atom is 0.224 e. The molecule has 0 aromatic rings. The van der Waals surface area contributed by atoms with Crippen molar-refractivity contribution in [3.63, 3.8) is 0 Å². The van der Waals surface area contributed by atoms with E-state index in [1.165, 1.54) is 16.7 Å². The maximum absolute atomic E-state index is 11.5. The van der Waals surface area contributed by atoms with Crippen molar-refractivity contribution < 1.29 is 4.79 Å². The van der Waals surface area contributed by atoms with E-state index in [2.05, 4.69) is 45.0 Å². The smallest absolute Gasteiger partial charge is 0.224 e. The van der Waals surface area contributed by atoms with Gasteiger partial charge in [0.25, 0.3) is 0 Å². The van der Waals surface area contributed by atoms with Gasteiger partial charge in [-0.3, -0.25) is 4.79 Å². The lowest BCUT2D eigenvalue weighted by Crippen LogP contribution is -2.18. The number of nitrogens with two attached hydrogens (primary N) is 1. The van der Waals surface area contributed by atoms with Crippen LogP contribution in [0.5, 0.6) is 0 Å². The number of aryl methyl sites for hydroxylation is 1. The number of hydrogen-bond donors (Lipinski definition) is 1. The molecule has 0 aromatic carbocycles. The number of carbonyl (C=O) groups excluding carboxylic acids is 1. The Morgan fingerprint density at radius 1 is 1.05 bits per heavy atom. The lowest BCUT2D eigenvalue weighted by atomic mass is 9.95. The molecule has 0 saturated heterocycles. The van der Waals surface area contributed by atoms with Crippen molar-refractivity contribution in [2.24, 2.45) is 5.73 Å². The second kappa shape index (κ2) is 5.04. The van der Waals surface area contributed by atoms with E-state index < -0.39 is 0 Å².